The minimum absolute atomic E-state index is 0.153. The fourth-order valence-electron chi connectivity index (χ4n) is 3.10. The van der Waals surface area contributed by atoms with Crippen LogP contribution in [0.1, 0.15) is 26.7 Å². The van der Waals surface area contributed by atoms with Crippen molar-refractivity contribution in [3.8, 4) is 0 Å². The average molecular weight is 291 g/mol. The Labute approximate surface area is 125 Å². The lowest BCUT2D eigenvalue weighted by atomic mass is 9.79. The first-order valence-corrected chi connectivity index (χ1v) is 7.27. The van der Waals surface area contributed by atoms with Gasteiger partial charge in [-0.25, -0.2) is 9.18 Å². The second-order valence-electron chi connectivity index (χ2n) is 5.85. The maximum absolute atomic E-state index is 13.3. The number of methoxy groups -OCH3 is 1. The molecule has 0 spiro atoms. The van der Waals surface area contributed by atoms with E-state index < -0.39 is 6.04 Å². The molecule has 0 aromatic heterocycles. The average Bonchev–Trinajstić information content (AvgIpc) is 2.43. The second kappa shape index (κ2) is 6.74. The number of halogens is 1. The highest BCUT2D eigenvalue weighted by Gasteiger charge is 2.32. The van der Waals surface area contributed by atoms with Gasteiger partial charge in [-0.05, 0) is 49.8 Å². The van der Waals surface area contributed by atoms with Crippen LogP contribution in [0.3, 0.4) is 0 Å². The molecule has 1 aromatic rings. The zero-order valence-electron chi connectivity index (χ0n) is 12.7. The van der Waals surface area contributed by atoms with Crippen LogP contribution in [0.15, 0.2) is 35.9 Å². The molecule has 1 N–H and O–H groups in total. The van der Waals surface area contributed by atoms with Crippen LogP contribution < -0.4 is 5.32 Å². The van der Waals surface area contributed by atoms with Crippen molar-refractivity contribution in [1.82, 2.24) is 0 Å². The van der Waals surface area contributed by atoms with Crippen LogP contribution in [0.25, 0.3) is 0 Å². The van der Waals surface area contributed by atoms with Gasteiger partial charge in [-0.2, -0.15) is 0 Å². The number of hydrogen-bond donors (Lipinski definition) is 1. The Kier molecular flexibility index (Phi) is 4.99. The van der Waals surface area contributed by atoms with Gasteiger partial charge in [0.05, 0.1) is 7.11 Å². The van der Waals surface area contributed by atoms with Gasteiger partial charge in [0.2, 0.25) is 0 Å². The predicted molar refractivity (Wildman–Crippen MR) is 81.5 cm³/mol. The molecule has 4 heteroatoms. The number of ether oxygens (including phenoxy) is 1. The molecule has 1 aliphatic rings. The summed E-state index contributed by atoms with van der Waals surface area (Å²) in [7, 11) is 1.39. The zero-order valence-corrected chi connectivity index (χ0v) is 12.7. The molecule has 0 bridgehead atoms. The van der Waals surface area contributed by atoms with Gasteiger partial charge < -0.3 is 10.1 Å². The second-order valence-corrected chi connectivity index (χ2v) is 5.85. The van der Waals surface area contributed by atoms with E-state index in [0.717, 1.165) is 12.8 Å². The molecule has 1 aliphatic carbocycles. The number of allylic oxidation sites excluding steroid dienone is 2. The van der Waals surface area contributed by atoms with Gasteiger partial charge in [0.1, 0.15) is 11.9 Å². The van der Waals surface area contributed by atoms with Gasteiger partial charge in [0, 0.05) is 5.69 Å². The summed E-state index contributed by atoms with van der Waals surface area (Å²) in [5.41, 5.74) is 1.89. The minimum Gasteiger partial charge on any atom is -0.467 e. The van der Waals surface area contributed by atoms with Crippen molar-refractivity contribution in [2.45, 2.75) is 32.7 Å². The number of hydrogen-bond acceptors (Lipinski definition) is 3. The molecule has 1 aromatic carbocycles. The molecule has 0 amide bonds. The number of esters is 1. The van der Waals surface area contributed by atoms with E-state index in [9.17, 15) is 9.18 Å². The smallest absolute Gasteiger partial charge is 0.328 e. The molecule has 3 unspecified atom stereocenters. The van der Waals surface area contributed by atoms with Crippen molar-refractivity contribution < 1.29 is 13.9 Å². The van der Waals surface area contributed by atoms with E-state index in [-0.39, 0.29) is 17.7 Å². The van der Waals surface area contributed by atoms with Crippen molar-refractivity contribution in [1.29, 1.82) is 0 Å². The fraction of sp³-hybridized carbons (Fsp3) is 0.471. The Morgan fingerprint density at radius 1 is 1.48 bits per heavy atom. The third-order valence-electron chi connectivity index (χ3n) is 3.90. The third kappa shape index (κ3) is 4.06. The van der Waals surface area contributed by atoms with Crippen molar-refractivity contribution >= 4 is 11.7 Å². The normalized spacial score (nSPS) is 23.1. The highest BCUT2D eigenvalue weighted by Crippen LogP contribution is 2.32. The van der Waals surface area contributed by atoms with Crippen molar-refractivity contribution in [3.63, 3.8) is 0 Å². The molecule has 0 fully saturated rings. The van der Waals surface area contributed by atoms with E-state index in [2.05, 4.69) is 25.2 Å². The summed E-state index contributed by atoms with van der Waals surface area (Å²) in [5, 5.41) is 3.14. The molecular weight excluding hydrogens is 269 g/mol. The highest BCUT2D eigenvalue weighted by molar-refractivity contribution is 5.79. The van der Waals surface area contributed by atoms with E-state index in [1.807, 2.05) is 0 Å². The van der Waals surface area contributed by atoms with Crippen molar-refractivity contribution in [3.05, 3.63) is 41.7 Å². The summed E-state index contributed by atoms with van der Waals surface area (Å²) in [4.78, 5) is 12.1. The summed E-state index contributed by atoms with van der Waals surface area (Å²) < 4.78 is 18.2. The molecule has 0 heterocycles. The molecule has 0 radical (unpaired) electrons. The summed E-state index contributed by atoms with van der Waals surface area (Å²) in [5.74, 6) is -0.0335. The molecule has 0 aliphatic heterocycles. The Morgan fingerprint density at radius 3 is 2.86 bits per heavy atom. The van der Waals surface area contributed by atoms with Crippen LogP contribution in [0.2, 0.25) is 0 Å². The van der Waals surface area contributed by atoms with Crippen molar-refractivity contribution in [2.75, 3.05) is 12.4 Å². The molecule has 0 saturated heterocycles. The lowest BCUT2D eigenvalue weighted by molar-refractivity contribution is -0.143. The third-order valence-corrected chi connectivity index (χ3v) is 3.90. The Bertz CT molecular complexity index is 541. The van der Waals surface area contributed by atoms with E-state index in [1.54, 1.807) is 12.1 Å². The summed E-state index contributed by atoms with van der Waals surface area (Å²) >= 11 is 0. The number of nitrogens with one attached hydrogen (secondary N) is 1. The maximum Gasteiger partial charge on any atom is 0.328 e. The van der Waals surface area contributed by atoms with Crippen LogP contribution >= 0.6 is 0 Å². The maximum atomic E-state index is 13.3. The SMILES string of the molecule is COC(=O)C(Nc1cccc(F)c1)C1CC(C)=CC(C)C1. The predicted octanol–water partition coefficient (Wildman–Crippen LogP) is 3.77. The van der Waals surface area contributed by atoms with Crippen LogP contribution in [0, 0.1) is 17.7 Å². The molecule has 2 rings (SSSR count). The van der Waals surface area contributed by atoms with Gasteiger partial charge in [0.25, 0.3) is 0 Å². The summed E-state index contributed by atoms with van der Waals surface area (Å²) in [6.07, 6.45) is 4.01. The number of benzene rings is 1. The minimum atomic E-state index is -0.456. The Hall–Kier alpha value is -1.84. The Morgan fingerprint density at radius 2 is 2.24 bits per heavy atom. The number of anilines is 1. The quantitative estimate of drug-likeness (QED) is 0.678. The van der Waals surface area contributed by atoms with Crippen LogP contribution in [-0.2, 0) is 9.53 Å². The Balaban J connectivity index is 2.19. The summed E-state index contributed by atoms with van der Waals surface area (Å²) in [6, 6.07) is 5.70. The number of carbonyl (C=O) groups is 1. The van der Waals surface area contributed by atoms with Gasteiger partial charge in [-0.15, -0.1) is 0 Å². The lowest BCUT2D eigenvalue weighted by Gasteiger charge is -2.31. The monoisotopic (exact) mass is 291 g/mol. The summed E-state index contributed by atoms with van der Waals surface area (Å²) in [6.45, 7) is 4.23. The first-order valence-electron chi connectivity index (χ1n) is 7.27. The van der Waals surface area contributed by atoms with E-state index in [1.165, 1.54) is 24.8 Å². The molecular formula is C17H22FNO2. The molecule has 21 heavy (non-hydrogen) atoms. The topological polar surface area (TPSA) is 38.3 Å². The van der Waals surface area contributed by atoms with Gasteiger partial charge in [-0.1, -0.05) is 24.6 Å². The first-order chi connectivity index (χ1) is 9.99. The largest absolute Gasteiger partial charge is 0.467 e. The van der Waals surface area contributed by atoms with E-state index in [0.29, 0.717) is 11.6 Å². The van der Waals surface area contributed by atoms with Crippen molar-refractivity contribution in [2.24, 2.45) is 11.8 Å². The molecule has 0 saturated carbocycles. The van der Waals surface area contributed by atoms with Gasteiger partial charge in [0.15, 0.2) is 0 Å². The lowest BCUT2D eigenvalue weighted by Crippen LogP contribution is -2.39. The molecule has 3 atom stereocenters. The van der Waals surface area contributed by atoms with E-state index >= 15 is 0 Å². The van der Waals surface area contributed by atoms with E-state index in [4.69, 9.17) is 4.74 Å². The van der Waals surface area contributed by atoms with Crippen LogP contribution in [0.5, 0.6) is 0 Å². The number of rotatable bonds is 4. The van der Waals surface area contributed by atoms with Crippen LogP contribution in [0.4, 0.5) is 10.1 Å². The fourth-order valence-corrected chi connectivity index (χ4v) is 3.10. The highest BCUT2D eigenvalue weighted by atomic mass is 19.1. The number of carbonyl (C=O) groups excluding carboxylic acids is 1. The van der Waals surface area contributed by atoms with Gasteiger partial charge >= 0.3 is 5.97 Å². The molecule has 3 nitrogen and oxygen atoms in total. The van der Waals surface area contributed by atoms with Crippen LogP contribution in [-0.4, -0.2) is 19.1 Å². The standard InChI is InChI=1S/C17H22FNO2/c1-11-7-12(2)9-13(8-11)16(17(20)21-3)19-15-6-4-5-14(18)10-15/h4-7,10-11,13,16,19H,8-9H2,1-3H3. The molecule has 114 valence electrons. The zero-order chi connectivity index (χ0) is 15.4. The first kappa shape index (κ1) is 15.5. The van der Waals surface area contributed by atoms with Gasteiger partial charge in [-0.3, -0.25) is 0 Å².